The number of aryl methyl sites for hydroxylation is 1. The van der Waals surface area contributed by atoms with Crippen molar-refractivity contribution in [2.45, 2.75) is 64.0 Å². The van der Waals surface area contributed by atoms with Crippen molar-refractivity contribution in [2.75, 3.05) is 0 Å². The van der Waals surface area contributed by atoms with Gasteiger partial charge in [0, 0.05) is 30.8 Å². The SMILES string of the molecule is Cn1cc(-c2cn3nccc3c(C3CCCC(NC(=O)OC(C)(C)C)C3)n2)cn1. The van der Waals surface area contributed by atoms with Crippen LogP contribution in [0.15, 0.2) is 30.9 Å². The minimum atomic E-state index is -0.498. The Balaban J connectivity index is 1.58. The molecule has 2 unspecified atom stereocenters. The Morgan fingerprint density at radius 3 is 2.79 bits per heavy atom. The molecule has 1 fully saturated rings. The second-order valence-electron chi connectivity index (χ2n) is 8.78. The number of fused-ring (bicyclic) bond motifs is 1. The van der Waals surface area contributed by atoms with Gasteiger partial charge in [0.25, 0.3) is 0 Å². The summed E-state index contributed by atoms with van der Waals surface area (Å²) < 4.78 is 9.08. The smallest absolute Gasteiger partial charge is 0.407 e. The molecular weight excluding hydrogens is 368 g/mol. The maximum atomic E-state index is 12.2. The Morgan fingerprint density at radius 2 is 2.07 bits per heavy atom. The predicted octanol–water partition coefficient (Wildman–Crippen LogP) is 3.68. The van der Waals surface area contributed by atoms with Crippen LogP contribution >= 0.6 is 0 Å². The minimum absolute atomic E-state index is 0.0791. The van der Waals surface area contributed by atoms with E-state index < -0.39 is 5.60 Å². The number of aromatic nitrogens is 5. The van der Waals surface area contributed by atoms with E-state index in [1.807, 2.05) is 57.0 Å². The molecule has 1 amide bonds. The Hall–Kier alpha value is -2.90. The average Bonchev–Trinajstić information content (AvgIpc) is 3.28. The lowest BCUT2D eigenvalue weighted by molar-refractivity contribution is 0.0490. The molecule has 29 heavy (non-hydrogen) atoms. The molecular formula is C21H28N6O2. The Labute approximate surface area is 170 Å². The highest BCUT2D eigenvalue weighted by Gasteiger charge is 2.29. The second-order valence-corrected chi connectivity index (χ2v) is 8.78. The highest BCUT2D eigenvalue weighted by atomic mass is 16.6. The molecule has 0 aliphatic heterocycles. The molecule has 0 saturated heterocycles. The number of nitrogens with one attached hydrogen (secondary N) is 1. The Bertz CT molecular complexity index is 1020. The van der Waals surface area contributed by atoms with Crippen LogP contribution in [0.2, 0.25) is 0 Å². The zero-order chi connectivity index (χ0) is 20.6. The van der Waals surface area contributed by atoms with Crippen LogP contribution in [-0.2, 0) is 11.8 Å². The Morgan fingerprint density at radius 1 is 1.24 bits per heavy atom. The van der Waals surface area contributed by atoms with E-state index in [9.17, 15) is 4.79 Å². The fraction of sp³-hybridized carbons (Fsp3) is 0.524. The second kappa shape index (κ2) is 7.50. The molecule has 3 aromatic heterocycles. The number of alkyl carbamates (subject to hydrolysis) is 1. The summed E-state index contributed by atoms with van der Waals surface area (Å²) in [5, 5.41) is 11.7. The molecule has 8 heteroatoms. The van der Waals surface area contributed by atoms with Gasteiger partial charge in [0.15, 0.2) is 0 Å². The van der Waals surface area contributed by atoms with E-state index in [-0.39, 0.29) is 18.1 Å². The molecule has 3 aromatic rings. The van der Waals surface area contributed by atoms with Crippen molar-refractivity contribution in [3.8, 4) is 11.3 Å². The van der Waals surface area contributed by atoms with E-state index in [1.54, 1.807) is 10.9 Å². The van der Waals surface area contributed by atoms with Gasteiger partial charge in [-0.25, -0.2) is 14.3 Å². The normalized spacial score (nSPS) is 20.0. The van der Waals surface area contributed by atoms with Crippen LogP contribution in [0.25, 0.3) is 16.8 Å². The molecule has 2 atom stereocenters. The molecule has 0 spiro atoms. The zero-order valence-electron chi connectivity index (χ0n) is 17.4. The Kier molecular flexibility index (Phi) is 5.02. The summed E-state index contributed by atoms with van der Waals surface area (Å²) in [5.41, 5.74) is 3.36. The summed E-state index contributed by atoms with van der Waals surface area (Å²) in [5.74, 6) is 0.250. The van der Waals surface area contributed by atoms with Crippen LogP contribution in [0, 0.1) is 0 Å². The molecule has 0 bridgehead atoms. The number of hydrogen-bond donors (Lipinski definition) is 1. The average molecular weight is 396 g/mol. The first-order chi connectivity index (χ1) is 13.8. The lowest BCUT2D eigenvalue weighted by Crippen LogP contribution is -2.41. The van der Waals surface area contributed by atoms with Crippen LogP contribution in [0.4, 0.5) is 4.79 Å². The van der Waals surface area contributed by atoms with E-state index in [1.165, 1.54) is 0 Å². The summed E-state index contributed by atoms with van der Waals surface area (Å²) in [6, 6.07) is 2.08. The van der Waals surface area contributed by atoms with Crippen LogP contribution in [-0.4, -0.2) is 42.1 Å². The van der Waals surface area contributed by atoms with Gasteiger partial charge in [0.1, 0.15) is 5.60 Å². The minimum Gasteiger partial charge on any atom is -0.444 e. The fourth-order valence-corrected chi connectivity index (χ4v) is 3.99. The first kappa shape index (κ1) is 19.4. The van der Waals surface area contributed by atoms with Gasteiger partial charge >= 0.3 is 6.09 Å². The summed E-state index contributed by atoms with van der Waals surface area (Å²) in [7, 11) is 1.89. The first-order valence-corrected chi connectivity index (χ1v) is 10.1. The number of nitrogens with zero attached hydrogens (tertiary/aromatic N) is 5. The molecule has 3 heterocycles. The van der Waals surface area contributed by atoms with E-state index in [4.69, 9.17) is 9.72 Å². The van der Waals surface area contributed by atoms with Crippen LogP contribution in [0.5, 0.6) is 0 Å². The fourth-order valence-electron chi connectivity index (χ4n) is 3.99. The van der Waals surface area contributed by atoms with Crippen LogP contribution < -0.4 is 5.32 Å². The van der Waals surface area contributed by atoms with E-state index in [0.29, 0.717) is 0 Å². The third kappa shape index (κ3) is 4.41. The molecule has 4 rings (SSSR count). The summed E-state index contributed by atoms with van der Waals surface area (Å²) in [4.78, 5) is 17.2. The van der Waals surface area contributed by atoms with Gasteiger partial charge in [-0.3, -0.25) is 4.68 Å². The van der Waals surface area contributed by atoms with Crippen LogP contribution in [0.1, 0.15) is 58.1 Å². The van der Waals surface area contributed by atoms with Crippen molar-refractivity contribution >= 4 is 11.6 Å². The topological polar surface area (TPSA) is 86.3 Å². The van der Waals surface area contributed by atoms with E-state index in [2.05, 4.69) is 15.5 Å². The largest absolute Gasteiger partial charge is 0.444 e. The predicted molar refractivity (Wildman–Crippen MR) is 110 cm³/mol. The van der Waals surface area contributed by atoms with Gasteiger partial charge < -0.3 is 10.1 Å². The van der Waals surface area contributed by atoms with Crippen molar-refractivity contribution in [1.82, 2.24) is 29.7 Å². The molecule has 1 aliphatic carbocycles. The summed E-state index contributed by atoms with van der Waals surface area (Å²) in [6.45, 7) is 5.63. The molecule has 1 saturated carbocycles. The number of rotatable bonds is 3. The van der Waals surface area contributed by atoms with Gasteiger partial charge in [-0.2, -0.15) is 10.2 Å². The highest BCUT2D eigenvalue weighted by Crippen LogP contribution is 2.35. The van der Waals surface area contributed by atoms with Crippen molar-refractivity contribution in [2.24, 2.45) is 7.05 Å². The maximum absolute atomic E-state index is 12.2. The number of carbonyl (C=O) groups excluding carboxylic acids is 1. The van der Waals surface area contributed by atoms with Crippen molar-refractivity contribution in [3.63, 3.8) is 0 Å². The quantitative estimate of drug-likeness (QED) is 0.730. The standard InChI is InChI=1S/C21H28N6O2/c1-21(2,3)29-20(28)24-16-7-5-6-14(10-16)19-18-8-9-22-27(18)13-17(25-19)15-11-23-26(4)12-15/h8-9,11-14,16H,5-7,10H2,1-4H3,(H,24,28). The number of ether oxygens (including phenoxy) is 1. The lowest BCUT2D eigenvalue weighted by Gasteiger charge is -2.30. The third-order valence-corrected chi connectivity index (χ3v) is 5.20. The van der Waals surface area contributed by atoms with Gasteiger partial charge in [0.2, 0.25) is 0 Å². The molecule has 1 N–H and O–H groups in total. The summed E-state index contributed by atoms with van der Waals surface area (Å²) in [6.07, 6.45) is 11.0. The third-order valence-electron chi connectivity index (χ3n) is 5.20. The number of hydrogen-bond acceptors (Lipinski definition) is 5. The highest BCUT2D eigenvalue weighted by molar-refractivity contribution is 5.68. The van der Waals surface area contributed by atoms with E-state index in [0.717, 1.165) is 48.2 Å². The molecule has 8 nitrogen and oxygen atoms in total. The molecule has 1 aliphatic rings. The van der Waals surface area contributed by atoms with Crippen molar-refractivity contribution < 1.29 is 9.53 Å². The molecule has 0 aromatic carbocycles. The van der Waals surface area contributed by atoms with Gasteiger partial charge in [-0.05, 0) is 46.1 Å². The monoisotopic (exact) mass is 396 g/mol. The number of amides is 1. The van der Waals surface area contributed by atoms with Gasteiger partial charge in [-0.1, -0.05) is 6.42 Å². The van der Waals surface area contributed by atoms with Crippen LogP contribution in [0.3, 0.4) is 0 Å². The van der Waals surface area contributed by atoms with E-state index >= 15 is 0 Å². The molecule has 0 radical (unpaired) electrons. The first-order valence-electron chi connectivity index (χ1n) is 10.1. The number of carbonyl (C=O) groups is 1. The van der Waals surface area contributed by atoms with Gasteiger partial charge in [-0.15, -0.1) is 0 Å². The van der Waals surface area contributed by atoms with Gasteiger partial charge in [0.05, 0.1) is 35.5 Å². The molecule has 154 valence electrons. The zero-order valence-corrected chi connectivity index (χ0v) is 17.4. The van der Waals surface area contributed by atoms with Crippen molar-refractivity contribution in [3.05, 3.63) is 36.5 Å². The maximum Gasteiger partial charge on any atom is 0.407 e. The summed E-state index contributed by atoms with van der Waals surface area (Å²) >= 11 is 0. The lowest BCUT2D eigenvalue weighted by atomic mass is 9.83. The van der Waals surface area contributed by atoms with Crippen molar-refractivity contribution in [1.29, 1.82) is 0 Å².